The lowest BCUT2D eigenvalue weighted by molar-refractivity contribution is -0.138. The van der Waals surface area contributed by atoms with Crippen molar-refractivity contribution in [3.8, 4) is 5.88 Å². The fourth-order valence-electron chi connectivity index (χ4n) is 4.69. The largest absolute Gasteiger partial charge is 0.474 e. The first-order valence-corrected chi connectivity index (χ1v) is 11.6. The number of alkyl halides is 6. The number of urea groups is 1. The number of halogens is 6. The molecule has 14 heteroatoms. The molecule has 3 aromatic rings. The number of hydrogen-bond acceptors (Lipinski definition) is 6. The number of ether oxygens (including phenoxy) is 1. The Balaban J connectivity index is 1.25. The normalized spacial score (nSPS) is 20.9. The topological polar surface area (TPSA) is 88.5 Å². The molecule has 0 N–H and O–H groups in total. The van der Waals surface area contributed by atoms with E-state index in [0.717, 1.165) is 40.5 Å². The molecule has 2 aromatic heterocycles. The summed E-state index contributed by atoms with van der Waals surface area (Å²) < 4.78 is 84.2. The van der Waals surface area contributed by atoms with E-state index in [1.807, 2.05) is 0 Å². The van der Waals surface area contributed by atoms with Gasteiger partial charge < -0.3 is 4.74 Å². The van der Waals surface area contributed by atoms with E-state index in [0.29, 0.717) is 37.3 Å². The number of imide groups is 1. The summed E-state index contributed by atoms with van der Waals surface area (Å²) in [6.07, 6.45) is -5.11. The molecule has 38 heavy (non-hydrogen) atoms. The lowest BCUT2D eigenvalue weighted by atomic mass is 9.92. The van der Waals surface area contributed by atoms with Crippen molar-refractivity contribution in [2.24, 2.45) is 0 Å². The van der Waals surface area contributed by atoms with Crippen LogP contribution in [-0.4, -0.2) is 50.5 Å². The number of nitrogens with zero attached hydrogens (tertiary/aromatic N) is 5. The number of rotatable bonds is 4. The second-order valence-corrected chi connectivity index (χ2v) is 9.02. The van der Waals surface area contributed by atoms with E-state index in [-0.39, 0.29) is 23.2 Å². The Labute approximate surface area is 211 Å². The predicted molar refractivity (Wildman–Crippen MR) is 120 cm³/mol. The van der Waals surface area contributed by atoms with E-state index < -0.39 is 48.0 Å². The molecule has 1 aliphatic carbocycles. The van der Waals surface area contributed by atoms with Gasteiger partial charge in [-0.05, 0) is 49.9 Å². The van der Waals surface area contributed by atoms with Crippen molar-refractivity contribution in [1.82, 2.24) is 19.9 Å². The zero-order valence-electron chi connectivity index (χ0n) is 19.5. The van der Waals surface area contributed by atoms with Crippen LogP contribution in [0.1, 0.15) is 36.8 Å². The number of carbonyl (C=O) groups excluding carboxylic acids is 2. The molecule has 3 amide bonds. The summed E-state index contributed by atoms with van der Waals surface area (Å²) in [5, 5.41) is 0.317. The summed E-state index contributed by atoms with van der Waals surface area (Å²) in [4.78, 5) is 39.2. The molecule has 0 spiro atoms. The van der Waals surface area contributed by atoms with Gasteiger partial charge in [-0.1, -0.05) is 0 Å². The Hall–Kier alpha value is -3.97. The number of carbonyl (C=O) groups is 2. The van der Waals surface area contributed by atoms with Gasteiger partial charge in [0.1, 0.15) is 19.0 Å². The van der Waals surface area contributed by atoms with Gasteiger partial charge in [0, 0.05) is 12.2 Å². The number of hydrogen-bond donors (Lipinski definition) is 0. The average Bonchev–Trinajstić information content (AvgIpc) is 3.17. The van der Waals surface area contributed by atoms with Crippen molar-refractivity contribution >= 4 is 28.5 Å². The fourth-order valence-corrected chi connectivity index (χ4v) is 4.69. The summed E-state index contributed by atoms with van der Waals surface area (Å²) in [6.45, 7) is -0.398. The standard InChI is InChI=1S/C24H19F6N5O3/c25-23(26,27)13-1-6-18-19(8-13)32-12-33-21(18)38-17-4-2-15(3-5-17)35-20(36)11-34(22(35)37)16-7-14(9-31-10-16)24(28,29)30/h1,6-10,12,15,17H,2-5,11H2/t15-,17-. The molecule has 1 saturated carbocycles. The Kier molecular flexibility index (Phi) is 6.35. The van der Waals surface area contributed by atoms with Crippen LogP contribution in [0, 0.1) is 0 Å². The molecule has 0 radical (unpaired) electrons. The van der Waals surface area contributed by atoms with Crippen molar-refractivity contribution in [2.45, 2.75) is 50.2 Å². The van der Waals surface area contributed by atoms with Crippen LogP contribution in [0.4, 0.5) is 36.8 Å². The van der Waals surface area contributed by atoms with Crippen LogP contribution < -0.4 is 9.64 Å². The van der Waals surface area contributed by atoms with Crippen LogP contribution >= 0.6 is 0 Å². The quantitative estimate of drug-likeness (QED) is 0.334. The van der Waals surface area contributed by atoms with Crippen molar-refractivity contribution in [1.29, 1.82) is 0 Å². The van der Waals surface area contributed by atoms with Crippen LogP contribution in [0.5, 0.6) is 5.88 Å². The summed E-state index contributed by atoms with van der Waals surface area (Å²) in [5.41, 5.74) is -1.92. The second kappa shape index (κ2) is 9.40. The SMILES string of the molecule is O=C1CN(c2cncc(C(F)(F)F)c2)C(=O)N1[C@H]1CC[C@H](Oc2ncnc3cc(C(F)(F)F)ccc23)CC1. The smallest absolute Gasteiger partial charge is 0.417 e. The molecule has 2 aliphatic rings. The summed E-state index contributed by atoms with van der Waals surface area (Å²) in [7, 11) is 0. The molecule has 0 atom stereocenters. The molecule has 0 unspecified atom stereocenters. The molecular formula is C24H19F6N5O3. The molecular weight excluding hydrogens is 520 g/mol. The zero-order chi connectivity index (χ0) is 27.2. The molecule has 8 nitrogen and oxygen atoms in total. The van der Waals surface area contributed by atoms with E-state index in [1.54, 1.807) is 0 Å². The van der Waals surface area contributed by atoms with Crippen molar-refractivity contribution in [3.05, 3.63) is 54.1 Å². The van der Waals surface area contributed by atoms with Crippen molar-refractivity contribution < 1.29 is 40.7 Å². The minimum Gasteiger partial charge on any atom is -0.474 e. The minimum atomic E-state index is -4.65. The monoisotopic (exact) mass is 539 g/mol. The molecule has 5 rings (SSSR count). The lowest BCUT2D eigenvalue weighted by Crippen LogP contribution is -2.44. The number of amides is 3. The molecule has 1 aliphatic heterocycles. The Morgan fingerprint density at radius 2 is 1.58 bits per heavy atom. The average molecular weight is 539 g/mol. The fraction of sp³-hybridized carbons (Fsp3) is 0.375. The Bertz CT molecular complexity index is 1390. The van der Waals surface area contributed by atoms with E-state index >= 15 is 0 Å². The highest BCUT2D eigenvalue weighted by atomic mass is 19.4. The lowest BCUT2D eigenvalue weighted by Gasteiger charge is -2.33. The first kappa shape index (κ1) is 25.7. The number of aromatic nitrogens is 3. The van der Waals surface area contributed by atoms with Gasteiger partial charge in [-0.3, -0.25) is 19.6 Å². The molecule has 3 heterocycles. The van der Waals surface area contributed by atoms with E-state index in [1.165, 1.54) is 6.07 Å². The molecule has 1 saturated heterocycles. The number of pyridine rings is 1. The number of benzene rings is 1. The highest BCUT2D eigenvalue weighted by Gasteiger charge is 2.43. The van der Waals surface area contributed by atoms with Crippen molar-refractivity contribution in [2.75, 3.05) is 11.4 Å². The van der Waals surface area contributed by atoms with Crippen LogP contribution in [0.3, 0.4) is 0 Å². The maximum Gasteiger partial charge on any atom is 0.417 e. The maximum atomic E-state index is 13.1. The van der Waals surface area contributed by atoms with Gasteiger partial charge >= 0.3 is 18.4 Å². The van der Waals surface area contributed by atoms with Gasteiger partial charge in [-0.2, -0.15) is 26.3 Å². The van der Waals surface area contributed by atoms with Gasteiger partial charge in [0.2, 0.25) is 5.88 Å². The molecule has 1 aromatic carbocycles. The van der Waals surface area contributed by atoms with Crippen LogP contribution in [0.25, 0.3) is 10.9 Å². The van der Waals surface area contributed by atoms with Gasteiger partial charge in [0.25, 0.3) is 5.91 Å². The third-order valence-corrected chi connectivity index (χ3v) is 6.58. The highest BCUT2D eigenvalue weighted by molar-refractivity contribution is 6.12. The highest BCUT2D eigenvalue weighted by Crippen LogP contribution is 2.36. The van der Waals surface area contributed by atoms with Crippen LogP contribution in [0.15, 0.2) is 43.0 Å². The predicted octanol–water partition coefficient (Wildman–Crippen LogP) is 5.22. The van der Waals surface area contributed by atoms with E-state index in [4.69, 9.17) is 4.74 Å². The number of anilines is 1. The Morgan fingerprint density at radius 3 is 2.26 bits per heavy atom. The minimum absolute atomic E-state index is 0.0796. The Morgan fingerprint density at radius 1 is 0.868 bits per heavy atom. The number of fused-ring (bicyclic) bond motifs is 1. The summed E-state index contributed by atoms with van der Waals surface area (Å²) in [6, 6.07) is 2.66. The van der Waals surface area contributed by atoms with Crippen molar-refractivity contribution in [3.63, 3.8) is 0 Å². The molecule has 0 bridgehead atoms. The first-order chi connectivity index (χ1) is 17.9. The van der Waals surface area contributed by atoms with E-state index in [9.17, 15) is 35.9 Å². The van der Waals surface area contributed by atoms with Gasteiger partial charge in [-0.25, -0.2) is 14.8 Å². The molecule has 200 valence electrons. The van der Waals surface area contributed by atoms with Crippen LogP contribution in [0.2, 0.25) is 0 Å². The van der Waals surface area contributed by atoms with Gasteiger partial charge in [0.05, 0.1) is 33.9 Å². The maximum absolute atomic E-state index is 13.1. The summed E-state index contributed by atoms with van der Waals surface area (Å²) in [5.74, 6) is -0.400. The van der Waals surface area contributed by atoms with Gasteiger partial charge in [-0.15, -0.1) is 0 Å². The second-order valence-electron chi connectivity index (χ2n) is 9.02. The third kappa shape index (κ3) is 4.94. The molecule has 2 fully saturated rings. The first-order valence-electron chi connectivity index (χ1n) is 11.6. The summed E-state index contributed by atoms with van der Waals surface area (Å²) >= 11 is 0. The van der Waals surface area contributed by atoms with E-state index in [2.05, 4.69) is 15.0 Å². The third-order valence-electron chi connectivity index (χ3n) is 6.58. The van der Waals surface area contributed by atoms with Gasteiger partial charge in [0.15, 0.2) is 0 Å². The van der Waals surface area contributed by atoms with Crippen LogP contribution in [-0.2, 0) is 17.1 Å². The zero-order valence-corrected chi connectivity index (χ0v) is 19.5.